The summed E-state index contributed by atoms with van der Waals surface area (Å²) in [6.07, 6.45) is -0.461. The Morgan fingerprint density at radius 1 is 1.44 bits per heavy atom. The molecule has 1 aromatic rings. The van der Waals surface area contributed by atoms with Gasteiger partial charge in [-0.3, -0.25) is 9.59 Å². The predicted molar refractivity (Wildman–Crippen MR) is 60.9 cm³/mol. The number of furan rings is 1. The van der Waals surface area contributed by atoms with E-state index in [-0.39, 0.29) is 5.56 Å². The Morgan fingerprint density at radius 2 is 2.06 bits per heavy atom. The zero-order chi connectivity index (χ0) is 13.9. The maximum absolute atomic E-state index is 11.8. The number of nitrogens with one attached hydrogen (secondary N) is 1. The number of carboxylic acid groups (broad SMARTS) is 1. The average molecular weight is 254 g/mol. The van der Waals surface area contributed by atoms with Crippen molar-refractivity contribution in [3.05, 3.63) is 23.2 Å². The van der Waals surface area contributed by atoms with Gasteiger partial charge in [-0.15, -0.1) is 0 Å². The highest BCUT2D eigenvalue weighted by molar-refractivity contribution is 5.98. The van der Waals surface area contributed by atoms with E-state index in [1.165, 1.54) is 6.07 Å². The molecule has 0 saturated carbocycles. The molecular weight excluding hydrogens is 240 g/mol. The van der Waals surface area contributed by atoms with Crippen LogP contribution in [-0.2, 0) is 9.59 Å². The van der Waals surface area contributed by atoms with E-state index in [9.17, 15) is 14.4 Å². The number of rotatable bonds is 5. The number of aliphatic carboxylic acids is 1. The largest absolute Gasteiger partial charge is 0.480 e. The first-order chi connectivity index (χ1) is 8.31. The Labute approximate surface area is 103 Å². The van der Waals surface area contributed by atoms with Crippen molar-refractivity contribution in [1.82, 2.24) is 5.32 Å². The van der Waals surface area contributed by atoms with Gasteiger partial charge < -0.3 is 20.6 Å². The molecule has 4 N–H and O–H groups in total. The van der Waals surface area contributed by atoms with Crippen molar-refractivity contribution in [1.29, 1.82) is 0 Å². The minimum Gasteiger partial charge on any atom is -0.480 e. The fraction of sp³-hybridized carbons (Fsp3) is 0.364. The van der Waals surface area contributed by atoms with Crippen LogP contribution in [0.1, 0.15) is 28.3 Å². The van der Waals surface area contributed by atoms with Gasteiger partial charge in [0.05, 0.1) is 12.0 Å². The number of carbonyl (C=O) groups is 3. The van der Waals surface area contributed by atoms with E-state index in [1.807, 2.05) is 0 Å². The van der Waals surface area contributed by atoms with Crippen LogP contribution in [-0.4, -0.2) is 28.9 Å². The van der Waals surface area contributed by atoms with E-state index in [0.717, 1.165) is 0 Å². The summed E-state index contributed by atoms with van der Waals surface area (Å²) < 4.78 is 5.16. The smallest absolute Gasteiger partial charge is 0.326 e. The standard InChI is InChI=1S/C11H14N2O5/c1-5-3-7(6(2)18-5)10(15)13-8(11(16)17)4-9(12)14/h3,8H,4H2,1-2H3,(H2,12,14)(H,13,15)(H,16,17). The van der Waals surface area contributed by atoms with Crippen LogP contribution in [0.3, 0.4) is 0 Å². The van der Waals surface area contributed by atoms with Crippen molar-refractivity contribution < 1.29 is 23.9 Å². The molecule has 2 amide bonds. The van der Waals surface area contributed by atoms with Crippen LogP contribution in [0.5, 0.6) is 0 Å². The first-order valence-corrected chi connectivity index (χ1v) is 5.20. The quantitative estimate of drug-likeness (QED) is 0.680. The Hall–Kier alpha value is -2.31. The highest BCUT2D eigenvalue weighted by Gasteiger charge is 2.24. The fourth-order valence-corrected chi connectivity index (χ4v) is 1.49. The van der Waals surface area contributed by atoms with E-state index in [2.05, 4.69) is 5.32 Å². The van der Waals surface area contributed by atoms with Gasteiger partial charge in [-0.05, 0) is 19.9 Å². The molecule has 0 aromatic carbocycles. The second-order valence-electron chi connectivity index (χ2n) is 3.86. The Bertz CT molecular complexity index is 492. The minimum atomic E-state index is -1.34. The Balaban J connectivity index is 2.81. The molecule has 0 spiro atoms. The lowest BCUT2D eigenvalue weighted by molar-refractivity contribution is -0.140. The maximum atomic E-state index is 11.8. The van der Waals surface area contributed by atoms with E-state index >= 15 is 0 Å². The molecule has 0 fully saturated rings. The summed E-state index contributed by atoms with van der Waals surface area (Å²) in [4.78, 5) is 33.3. The summed E-state index contributed by atoms with van der Waals surface area (Å²) in [5, 5.41) is 11.1. The van der Waals surface area contributed by atoms with Crippen LogP contribution < -0.4 is 11.1 Å². The number of hydrogen-bond acceptors (Lipinski definition) is 4. The average Bonchev–Trinajstić information content (AvgIpc) is 2.56. The molecule has 0 aliphatic heterocycles. The number of nitrogens with two attached hydrogens (primary N) is 1. The van der Waals surface area contributed by atoms with Crippen LogP contribution in [0, 0.1) is 13.8 Å². The molecular formula is C11H14N2O5. The van der Waals surface area contributed by atoms with Crippen molar-refractivity contribution in [3.8, 4) is 0 Å². The van der Waals surface area contributed by atoms with E-state index in [1.54, 1.807) is 13.8 Å². The second-order valence-corrected chi connectivity index (χ2v) is 3.86. The molecule has 1 atom stereocenters. The number of aryl methyl sites for hydroxylation is 2. The lowest BCUT2D eigenvalue weighted by atomic mass is 10.1. The van der Waals surface area contributed by atoms with Crippen LogP contribution >= 0.6 is 0 Å². The van der Waals surface area contributed by atoms with E-state index in [0.29, 0.717) is 11.5 Å². The van der Waals surface area contributed by atoms with Gasteiger partial charge in [-0.25, -0.2) is 4.79 Å². The normalized spacial score (nSPS) is 11.9. The molecule has 0 saturated heterocycles. The van der Waals surface area contributed by atoms with Crippen molar-refractivity contribution in [3.63, 3.8) is 0 Å². The SMILES string of the molecule is Cc1cc(C(=O)NC(CC(N)=O)C(=O)O)c(C)o1. The molecule has 7 nitrogen and oxygen atoms in total. The van der Waals surface area contributed by atoms with E-state index in [4.69, 9.17) is 15.3 Å². The number of amides is 2. The lowest BCUT2D eigenvalue weighted by Gasteiger charge is -2.12. The minimum absolute atomic E-state index is 0.239. The zero-order valence-corrected chi connectivity index (χ0v) is 10.0. The molecule has 0 radical (unpaired) electrons. The van der Waals surface area contributed by atoms with E-state index < -0.39 is 30.2 Å². The summed E-state index contributed by atoms with van der Waals surface area (Å²) in [5.41, 5.74) is 5.15. The van der Waals surface area contributed by atoms with Crippen molar-refractivity contribution >= 4 is 17.8 Å². The van der Waals surface area contributed by atoms with Crippen LogP contribution in [0.4, 0.5) is 0 Å². The Morgan fingerprint density at radius 3 is 2.44 bits per heavy atom. The number of hydrogen-bond donors (Lipinski definition) is 3. The fourth-order valence-electron chi connectivity index (χ4n) is 1.49. The molecule has 0 aliphatic rings. The van der Waals surface area contributed by atoms with Crippen LogP contribution in [0.2, 0.25) is 0 Å². The molecule has 0 aliphatic carbocycles. The topological polar surface area (TPSA) is 123 Å². The second kappa shape index (κ2) is 5.35. The van der Waals surface area contributed by atoms with Gasteiger partial charge in [-0.1, -0.05) is 0 Å². The summed E-state index contributed by atoms with van der Waals surface area (Å²) >= 11 is 0. The van der Waals surface area contributed by atoms with Crippen molar-refractivity contribution in [2.75, 3.05) is 0 Å². The van der Waals surface area contributed by atoms with Crippen LogP contribution in [0.15, 0.2) is 10.5 Å². The van der Waals surface area contributed by atoms with Crippen molar-refractivity contribution in [2.24, 2.45) is 5.73 Å². The first-order valence-electron chi connectivity index (χ1n) is 5.20. The van der Waals surface area contributed by atoms with Gasteiger partial charge in [0.2, 0.25) is 5.91 Å². The lowest BCUT2D eigenvalue weighted by Crippen LogP contribution is -2.43. The molecule has 1 unspecified atom stereocenters. The van der Waals surface area contributed by atoms with Gasteiger partial charge in [0.1, 0.15) is 17.6 Å². The molecule has 0 bridgehead atoms. The summed E-state index contributed by atoms with van der Waals surface area (Å²) in [7, 11) is 0. The van der Waals surface area contributed by atoms with Crippen molar-refractivity contribution in [2.45, 2.75) is 26.3 Å². The number of carboxylic acids is 1. The number of primary amides is 1. The third-order valence-electron chi connectivity index (χ3n) is 2.29. The summed E-state index contributed by atoms with van der Waals surface area (Å²) in [6, 6.07) is 0.151. The third-order valence-corrected chi connectivity index (χ3v) is 2.29. The van der Waals surface area contributed by atoms with Gasteiger partial charge in [0.15, 0.2) is 0 Å². The van der Waals surface area contributed by atoms with Crippen LogP contribution in [0.25, 0.3) is 0 Å². The predicted octanol–water partition coefficient (Wildman–Crippen LogP) is -0.0452. The third kappa shape index (κ3) is 3.34. The molecule has 1 rings (SSSR count). The molecule has 1 heterocycles. The molecule has 98 valence electrons. The summed E-state index contributed by atoms with van der Waals surface area (Å²) in [6.45, 7) is 3.26. The summed E-state index contributed by atoms with van der Waals surface area (Å²) in [5.74, 6) is -1.81. The zero-order valence-electron chi connectivity index (χ0n) is 10.0. The Kier molecular flexibility index (Phi) is 4.09. The highest BCUT2D eigenvalue weighted by Crippen LogP contribution is 2.13. The van der Waals surface area contributed by atoms with Gasteiger partial charge in [-0.2, -0.15) is 0 Å². The van der Waals surface area contributed by atoms with Gasteiger partial charge in [0.25, 0.3) is 5.91 Å². The first kappa shape index (κ1) is 13.8. The maximum Gasteiger partial charge on any atom is 0.326 e. The molecule has 18 heavy (non-hydrogen) atoms. The van der Waals surface area contributed by atoms with Gasteiger partial charge in [0, 0.05) is 0 Å². The molecule has 7 heteroatoms. The molecule has 1 aromatic heterocycles. The monoisotopic (exact) mass is 254 g/mol. The highest BCUT2D eigenvalue weighted by atomic mass is 16.4. The number of carbonyl (C=O) groups excluding carboxylic acids is 2. The van der Waals surface area contributed by atoms with Gasteiger partial charge >= 0.3 is 5.97 Å².